The molecule has 3 N–H and O–H groups in total. The summed E-state index contributed by atoms with van der Waals surface area (Å²) >= 11 is 0. The Balaban J connectivity index is 1.77. The van der Waals surface area contributed by atoms with Crippen molar-refractivity contribution in [2.24, 2.45) is 5.92 Å². The van der Waals surface area contributed by atoms with Crippen LogP contribution in [0, 0.1) is 5.92 Å². The normalized spacial score (nSPS) is 13.6. The zero-order chi connectivity index (χ0) is 14.5. The molecule has 1 fully saturated rings. The molecule has 1 aliphatic rings. The van der Waals surface area contributed by atoms with Crippen LogP contribution in [0.3, 0.4) is 0 Å². The van der Waals surface area contributed by atoms with Crippen LogP contribution < -0.4 is 10.6 Å². The minimum absolute atomic E-state index is 0.0344. The van der Waals surface area contributed by atoms with Gasteiger partial charge in [-0.25, -0.2) is 4.79 Å². The standard InChI is InChI=1S/C14H16N2O4/c17-12(9-4-5-9)15-6-7-16-13(18)10-2-1-3-11(8-10)14(19)20/h1-3,8-9H,4-7H2,(H,15,17)(H,16,18)(H,19,20). The van der Waals surface area contributed by atoms with Crippen LogP contribution in [-0.2, 0) is 4.79 Å². The van der Waals surface area contributed by atoms with Gasteiger partial charge in [-0.1, -0.05) is 6.07 Å². The van der Waals surface area contributed by atoms with Crippen molar-refractivity contribution in [2.45, 2.75) is 12.8 Å². The van der Waals surface area contributed by atoms with Gasteiger partial charge in [0.15, 0.2) is 0 Å². The first-order chi connectivity index (χ1) is 9.58. The molecule has 1 saturated carbocycles. The van der Waals surface area contributed by atoms with Gasteiger partial charge in [0.1, 0.15) is 0 Å². The zero-order valence-electron chi connectivity index (χ0n) is 10.9. The largest absolute Gasteiger partial charge is 0.478 e. The Labute approximate surface area is 116 Å². The lowest BCUT2D eigenvalue weighted by Crippen LogP contribution is -2.35. The number of hydrogen-bond acceptors (Lipinski definition) is 3. The van der Waals surface area contributed by atoms with E-state index in [-0.39, 0.29) is 23.3 Å². The lowest BCUT2D eigenvalue weighted by molar-refractivity contribution is -0.122. The lowest BCUT2D eigenvalue weighted by atomic mass is 10.1. The van der Waals surface area contributed by atoms with Crippen molar-refractivity contribution in [2.75, 3.05) is 13.1 Å². The van der Waals surface area contributed by atoms with Crippen LogP contribution in [0.25, 0.3) is 0 Å². The summed E-state index contributed by atoms with van der Waals surface area (Å²) < 4.78 is 0. The summed E-state index contributed by atoms with van der Waals surface area (Å²) in [5.74, 6) is -1.24. The third kappa shape index (κ3) is 3.81. The van der Waals surface area contributed by atoms with Crippen molar-refractivity contribution in [1.29, 1.82) is 0 Å². The number of hydrogen-bond donors (Lipinski definition) is 3. The summed E-state index contributed by atoms with van der Waals surface area (Å²) in [5.41, 5.74) is 0.359. The quantitative estimate of drug-likeness (QED) is 0.664. The smallest absolute Gasteiger partial charge is 0.335 e. The number of benzene rings is 1. The highest BCUT2D eigenvalue weighted by atomic mass is 16.4. The Morgan fingerprint density at radius 1 is 1.10 bits per heavy atom. The Hall–Kier alpha value is -2.37. The second kappa shape index (κ2) is 6.18. The minimum Gasteiger partial charge on any atom is -0.478 e. The van der Waals surface area contributed by atoms with E-state index in [1.165, 1.54) is 18.2 Å². The van der Waals surface area contributed by atoms with Gasteiger partial charge in [-0.2, -0.15) is 0 Å². The average Bonchev–Trinajstić information content (AvgIpc) is 3.27. The Kier molecular flexibility index (Phi) is 4.34. The maximum Gasteiger partial charge on any atom is 0.335 e. The van der Waals surface area contributed by atoms with Crippen LogP contribution in [0.2, 0.25) is 0 Å². The first-order valence-corrected chi connectivity index (χ1v) is 6.47. The first kappa shape index (κ1) is 14.0. The van der Waals surface area contributed by atoms with E-state index in [1.54, 1.807) is 6.07 Å². The van der Waals surface area contributed by atoms with Crippen molar-refractivity contribution in [3.05, 3.63) is 35.4 Å². The van der Waals surface area contributed by atoms with Gasteiger partial charge in [0, 0.05) is 24.6 Å². The molecule has 20 heavy (non-hydrogen) atoms. The molecular weight excluding hydrogens is 260 g/mol. The molecule has 2 rings (SSSR count). The topological polar surface area (TPSA) is 95.5 Å². The maximum absolute atomic E-state index is 11.8. The summed E-state index contributed by atoms with van der Waals surface area (Å²) in [6.07, 6.45) is 1.89. The maximum atomic E-state index is 11.8. The van der Waals surface area contributed by atoms with E-state index < -0.39 is 5.97 Å². The highest BCUT2D eigenvalue weighted by Crippen LogP contribution is 2.28. The summed E-state index contributed by atoms with van der Waals surface area (Å²) in [6, 6.07) is 5.81. The van der Waals surface area contributed by atoms with Crippen LogP contribution in [0.1, 0.15) is 33.6 Å². The number of aromatic carboxylic acids is 1. The SMILES string of the molecule is O=C(O)c1cccc(C(=O)NCCNC(=O)C2CC2)c1. The number of amides is 2. The highest BCUT2D eigenvalue weighted by molar-refractivity contribution is 5.97. The molecule has 106 valence electrons. The molecule has 0 unspecified atom stereocenters. The predicted octanol–water partition coefficient (Wildman–Crippen LogP) is 0.641. The predicted molar refractivity (Wildman–Crippen MR) is 71.5 cm³/mol. The van der Waals surface area contributed by atoms with E-state index in [9.17, 15) is 14.4 Å². The van der Waals surface area contributed by atoms with Crippen molar-refractivity contribution >= 4 is 17.8 Å². The fourth-order valence-electron chi connectivity index (χ4n) is 1.75. The van der Waals surface area contributed by atoms with Gasteiger partial charge in [0.2, 0.25) is 5.91 Å². The van der Waals surface area contributed by atoms with Gasteiger partial charge in [-0.3, -0.25) is 9.59 Å². The molecule has 1 aliphatic carbocycles. The Morgan fingerprint density at radius 3 is 2.40 bits per heavy atom. The van der Waals surface area contributed by atoms with E-state index in [0.717, 1.165) is 12.8 Å². The molecule has 0 bridgehead atoms. The van der Waals surface area contributed by atoms with Crippen LogP contribution in [0.15, 0.2) is 24.3 Å². The molecule has 6 nitrogen and oxygen atoms in total. The van der Waals surface area contributed by atoms with Gasteiger partial charge in [0.05, 0.1) is 5.56 Å². The van der Waals surface area contributed by atoms with Crippen LogP contribution in [-0.4, -0.2) is 36.0 Å². The number of nitrogens with one attached hydrogen (secondary N) is 2. The minimum atomic E-state index is -1.07. The Morgan fingerprint density at radius 2 is 1.75 bits per heavy atom. The third-order valence-corrected chi connectivity index (χ3v) is 3.03. The van der Waals surface area contributed by atoms with Gasteiger partial charge in [-0.15, -0.1) is 0 Å². The van der Waals surface area contributed by atoms with E-state index in [1.807, 2.05) is 0 Å². The number of carbonyl (C=O) groups excluding carboxylic acids is 2. The first-order valence-electron chi connectivity index (χ1n) is 6.47. The molecule has 0 atom stereocenters. The zero-order valence-corrected chi connectivity index (χ0v) is 10.9. The fraction of sp³-hybridized carbons (Fsp3) is 0.357. The van der Waals surface area contributed by atoms with Crippen LogP contribution in [0.4, 0.5) is 0 Å². The second-order valence-corrected chi connectivity index (χ2v) is 4.71. The van der Waals surface area contributed by atoms with E-state index in [2.05, 4.69) is 10.6 Å². The molecule has 6 heteroatoms. The average molecular weight is 276 g/mol. The molecule has 2 amide bonds. The number of carboxylic acids is 1. The van der Waals surface area contributed by atoms with Gasteiger partial charge in [-0.05, 0) is 31.0 Å². The molecule has 0 spiro atoms. The summed E-state index contributed by atoms with van der Waals surface area (Å²) in [6.45, 7) is 0.689. The number of carboxylic acid groups (broad SMARTS) is 1. The third-order valence-electron chi connectivity index (χ3n) is 3.03. The van der Waals surface area contributed by atoms with Crippen LogP contribution in [0.5, 0.6) is 0 Å². The molecule has 0 radical (unpaired) electrons. The van der Waals surface area contributed by atoms with E-state index >= 15 is 0 Å². The molecule has 1 aromatic rings. The fourth-order valence-corrected chi connectivity index (χ4v) is 1.75. The van der Waals surface area contributed by atoms with Gasteiger partial charge < -0.3 is 15.7 Å². The Bertz CT molecular complexity index is 538. The van der Waals surface area contributed by atoms with Gasteiger partial charge >= 0.3 is 5.97 Å². The molecule has 0 heterocycles. The summed E-state index contributed by atoms with van der Waals surface area (Å²) in [4.78, 5) is 33.9. The van der Waals surface area contributed by atoms with Crippen molar-refractivity contribution in [1.82, 2.24) is 10.6 Å². The van der Waals surface area contributed by atoms with Crippen LogP contribution >= 0.6 is 0 Å². The second-order valence-electron chi connectivity index (χ2n) is 4.71. The van der Waals surface area contributed by atoms with Crippen molar-refractivity contribution < 1.29 is 19.5 Å². The van der Waals surface area contributed by atoms with E-state index in [4.69, 9.17) is 5.11 Å². The molecular formula is C14H16N2O4. The highest BCUT2D eigenvalue weighted by Gasteiger charge is 2.28. The number of rotatable bonds is 6. The van der Waals surface area contributed by atoms with E-state index in [0.29, 0.717) is 18.7 Å². The molecule has 0 saturated heterocycles. The summed E-state index contributed by atoms with van der Waals surface area (Å²) in [5, 5.41) is 14.2. The van der Waals surface area contributed by atoms with Gasteiger partial charge in [0.25, 0.3) is 5.91 Å². The van der Waals surface area contributed by atoms with Crippen molar-refractivity contribution in [3.63, 3.8) is 0 Å². The number of carbonyl (C=O) groups is 3. The lowest BCUT2D eigenvalue weighted by Gasteiger charge is -2.07. The summed E-state index contributed by atoms with van der Waals surface area (Å²) in [7, 11) is 0. The molecule has 1 aromatic carbocycles. The molecule has 0 aromatic heterocycles. The van der Waals surface area contributed by atoms with Crippen molar-refractivity contribution in [3.8, 4) is 0 Å². The molecule has 0 aliphatic heterocycles. The monoisotopic (exact) mass is 276 g/mol.